The number of pyridine rings is 1. The fourth-order valence-corrected chi connectivity index (χ4v) is 6.26. The Hall–Kier alpha value is -3.61. The molecule has 2 aliphatic rings. The molecular formula is C28H25F2N5. The van der Waals surface area contributed by atoms with E-state index in [1.807, 2.05) is 30.5 Å². The van der Waals surface area contributed by atoms with Gasteiger partial charge in [0, 0.05) is 23.7 Å². The summed E-state index contributed by atoms with van der Waals surface area (Å²) in [6.45, 7) is 6.53. The number of benzene rings is 1. The lowest BCUT2D eigenvalue weighted by Crippen LogP contribution is -2.38. The minimum Gasteiger partial charge on any atom is -0.261 e. The zero-order valence-corrected chi connectivity index (χ0v) is 19.9. The molecule has 5 nitrogen and oxygen atoms in total. The SMILES string of the molecule is CCc1ccc(-c2nccc([C@@]34CC[C@@H](c5cc(-c6c(F)cccc6F)nnc53)C4(C)C)n2)cn1. The number of aromatic nitrogens is 5. The van der Waals surface area contributed by atoms with Crippen LogP contribution in [0.1, 0.15) is 62.2 Å². The number of nitrogens with zero attached hydrogens (tertiary/aromatic N) is 5. The first-order valence-corrected chi connectivity index (χ1v) is 12.0. The molecule has 2 bridgehead atoms. The van der Waals surface area contributed by atoms with Gasteiger partial charge < -0.3 is 0 Å². The van der Waals surface area contributed by atoms with Crippen LogP contribution in [-0.2, 0) is 11.8 Å². The third-order valence-electron chi connectivity index (χ3n) is 8.14. The van der Waals surface area contributed by atoms with Gasteiger partial charge in [0.05, 0.1) is 28.1 Å². The van der Waals surface area contributed by atoms with Crippen LogP contribution in [0.15, 0.2) is 54.9 Å². The number of hydrogen-bond donors (Lipinski definition) is 0. The Morgan fingerprint density at radius 3 is 2.51 bits per heavy atom. The minimum absolute atomic E-state index is 0.134. The van der Waals surface area contributed by atoms with Crippen LogP contribution in [0.5, 0.6) is 0 Å². The van der Waals surface area contributed by atoms with Gasteiger partial charge in [-0.3, -0.25) is 4.98 Å². The number of halogens is 2. The van der Waals surface area contributed by atoms with Crippen LogP contribution in [0.25, 0.3) is 22.6 Å². The third kappa shape index (κ3) is 3.00. The van der Waals surface area contributed by atoms with E-state index in [0.717, 1.165) is 47.5 Å². The molecule has 1 saturated carbocycles. The molecule has 0 amide bonds. The van der Waals surface area contributed by atoms with Gasteiger partial charge in [0.1, 0.15) is 11.6 Å². The summed E-state index contributed by atoms with van der Waals surface area (Å²) in [5, 5.41) is 8.93. The van der Waals surface area contributed by atoms with Crippen LogP contribution in [0.4, 0.5) is 8.78 Å². The van der Waals surface area contributed by atoms with Crippen molar-refractivity contribution in [3.63, 3.8) is 0 Å². The minimum atomic E-state index is -0.639. The molecular weight excluding hydrogens is 444 g/mol. The topological polar surface area (TPSA) is 64.5 Å². The van der Waals surface area contributed by atoms with Crippen molar-refractivity contribution in [2.24, 2.45) is 5.41 Å². The molecule has 3 aromatic heterocycles. The molecule has 2 aliphatic carbocycles. The van der Waals surface area contributed by atoms with E-state index < -0.39 is 17.0 Å². The van der Waals surface area contributed by atoms with Crippen molar-refractivity contribution < 1.29 is 8.78 Å². The second-order valence-corrected chi connectivity index (χ2v) is 10.0. The summed E-state index contributed by atoms with van der Waals surface area (Å²) in [6, 6.07) is 11.6. The van der Waals surface area contributed by atoms with Crippen molar-refractivity contribution in [3.05, 3.63) is 89.1 Å². The van der Waals surface area contributed by atoms with Gasteiger partial charge in [-0.25, -0.2) is 18.7 Å². The fourth-order valence-electron chi connectivity index (χ4n) is 6.26. The summed E-state index contributed by atoms with van der Waals surface area (Å²) in [5.74, 6) is -0.470. The van der Waals surface area contributed by atoms with Gasteiger partial charge in [0.2, 0.25) is 0 Å². The highest BCUT2D eigenvalue weighted by atomic mass is 19.1. The molecule has 0 aliphatic heterocycles. The average molecular weight is 470 g/mol. The Morgan fingerprint density at radius 2 is 1.80 bits per heavy atom. The zero-order chi connectivity index (χ0) is 24.4. The highest BCUT2D eigenvalue weighted by Crippen LogP contribution is 2.69. The van der Waals surface area contributed by atoms with Gasteiger partial charge in [-0.15, -0.1) is 5.10 Å². The van der Waals surface area contributed by atoms with Gasteiger partial charge in [-0.2, -0.15) is 5.10 Å². The summed E-state index contributed by atoms with van der Waals surface area (Å²) in [4.78, 5) is 14.0. The molecule has 176 valence electrons. The van der Waals surface area contributed by atoms with Crippen LogP contribution < -0.4 is 0 Å². The van der Waals surface area contributed by atoms with Gasteiger partial charge in [0.15, 0.2) is 5.82 Å². The average Bonchev–Trinajstić information content (AvgIpc) is 3.25. The van der Waals surface area contributed by atoms with Crippen molar-refractivity contribution in [3.8, 4) is 22.6 Å². The van der Waals surface area contributed by atoms with Crippen molar-refractivity contribution in [2.75, 3.05) is 0 Å². The third-order valence-corrected chi connectivity index (χ3v) is 8.14. The molecule has 2 atom stereocenters. The fraction of sp³-hybridized carbons (Fsp3) is 0.321. The van der Waals surface area contributed by atoms with E-state index in [9.17, 15) is 8.78 Å². The monoisotopic (exact) mass is 469 g/mol. The molecule has 0 spiro atoms. The largest absolute Gasteiger partial charge is 0.261 e. The van der Waals surface area contributed by atoms with Crippen LogP contribution in [0.2, 0.25) is 0 Å². The predicted molar refractivity (Wildman–Crippen MR) is 129 cm³/mol. The van der Waals surface area contributed by atoms with E-state index in [0.29, 0.717) is 5.82 Å². The smallest absolute Gasteiger partial charge is 0.160 e. The number of rotatable bonds is 4. The van der Waals surface area contributed by atoms with E-state index in [2.05, 4.69) is 40.9 Å². The van der Waals surface area contributed by atoms with Crippen LogP contribution in [0.3, 0.4) is 0 Å². The maximum absolute atomic E-state index is 14.5. The molecule has 1 aromatic carbocycles. The number of hydrogen-bond acceptors (Lipinski definition) is 5. The lowest BCUT2D eigenvalue weighted by atomic mass is 9.66. The van der Waals surface area contributed by atoms with Crippen molar-refractivity contribution in [1.82, 2.24) is 25.1 Å². The summed E-state index contributed by atoms with van der Waals surface area (Å²) >= 11 is 0. The Bertz CT molecular complexity index is 1430. The van der Waals surface area contributed by atoms with Crippen molar-refractivity contribution in [1.29, 1.82) is 0 Å². The van der Waals surface area contributed by atoms with Gasteiger partial charge in [0.25, 0.3) is 0 Å². The summed E-state index contributed by atoms with van der Waals surface area (Å²) in [5.41, 5.74) is 4.06. The van der Waals surface area contributed by atoms with E-state index in [1.165, 1.54) is 18.2 Å². The molecule has 7 heteroatoms. The van der Waals surface area contributed by atoms with E-state index >= 15 is 0 Å². The normalized spacial score (nSPS) is 21.8. The first-order chi connectivity index (χ1) is 16.9. The molecule has 1 fully saturated rings. The Labute approximate surface area is 202 Å². The quantitative estimate of drug-likeness (QED) is 0.365. The van der Waals surface area contributed by atoms with Gasteiger partial charge in [-0.05, 0) is 72.6 Å². The molecule has 6 rings (SSSR count). The molecule has 3 heterocycles. The highest BCUT2D eigenvalue weighted by molar-refractivity contribution is 5.64. The summed E-state index contributed by atoms with van der Waals surface area (Å²) in [6.07, 6.45) is 6.29. The Morgan fingerprint density at radius 1 is 1.00 bits per heavy atom. The lowest BCUT2D eigenvalue weighted by Gasteiger charge is -2.37. The number of fused-ring (bicyclic) bond motifs is 5. The van der Waals surface area contributed by atoms with Crippen LogP contribution >= 0.6 is 0 Å². The lowest BCUT2D eigenvalue weighted by molar-refractivity contribution is 0.243. The first kappa shape index (κ1) is 21.9. The van der Waals surface area contributed by atoms with Crippen LogP contribution in [-0.4, -0.2) is 25.1 Å². The Kier molecular flexibility index (Phi) is 4.82. The van der Waals surface area contributed by atoms with Crippen molar-refractivity contribution >= 4 is 0 Å². The second kappa shape index (κ2) is 7.70. The maximum atomic E-state index is 14.5. The maximum Gasteiger partial charge on any atom is 0.160 e. The molecule has 4 aromatic rings. The second-order valence-electron chi connectivity index (χ2n) is 10.0. The molecule has 0 N–H and O–H groups in total. The number of aryl methyl sites for hydroxylation is 1. The van der Waals surface area contributed by atoms with E-state index in [-0.39, 0.29) is 22.6 Å². The van der Waals surface area contributed by atoms with Crippen LogP contribution in [0, 0.1) is 17.0 Å². The standard InChI is InChI=1S/C28H25F2N5/c1-4-17-9-8-16(15-32-17)26-31-13-11-23(33-26)28-12-10-19(27(28,2)3)18-14-22(34-35-25(18)28)24-20(29)6-5-7-21(24)30/h5-9,11,13-15,19H,4,10,12H2,1-3H3/t19-,28-/m0/s1. The van der Waals surface area contributed by atoms with E-state index in [1.54, 1.807) is 6.20 Å². The first-order valence-electron chi connectivity index (χ1n) is 12.0. The molecule has 35 heavy (non-hydrogen) atoms. The predicted octanol–water partition coefficient (Wildman–Crippen LogP) is 6.04. The Balaban J connectivity index is 1.49. The molecule has 0 saturated heterocycles. The zero-order valence-electron chi connectivity index (χ0n) is 19.9. The van der Waals surface area contributed by atoms with E-state index in [4.69, 9.17) is 4.98 Å². The summed E-state index contributed by atoms with van der Waals surface area (Å²) in [7, 11) is 0. The molecule has 0 radical (unpaired) electrons. The summed E-state index contributed by atoms with van der Waals surface area (Å²) < 4.78 is 29.0. The molecule has 0 unspecified atom stereocenters. The highest BCUT2D eigenvalue weighted by Gasteiger charge is 2.65. The van der Waals surface area contributed by atoms with Gasteiger partial charge >= 0.3 is 0 Å². The van der Waals surface area contributed by atoms with Gasteiger partial charge in [-0.1, -0.05) is 26.8 Å². The van der Waals surface area contributed by atoms with Crippen molar-refractivity contribution in [2.45, 2.75) is 51.4 Å².